The molecule has 1 rings (SSSR count). The fourth-order valence-corrected chi connectivity index (χ4v) is 0.820. The van der Waals surface area contributed by atoms with E-state index in [0.717, 1.165) is 0 Å². The van der Waals surface area contributed by atoms with Gasteiger partial charge in [-0.15, -0.1) is 0 Å². The molecule has 0 aliphatic heterocycles. The molecule has 0 aliphatic carbocycles. The molecule has 0 saturated carbocycles. The van der Waals surface area contributed by atoms with Gasteiger partial charge in [0, 0.05) is 18.6 Å². The van der Waals surface area contributed by atoms with Gasteiger partial charge in [0.1, 0.15) is 7.05 Å². The summed E-state index contributed by atoms with van der Waals surface area (Å²) in [6, 6.07) is 4.24. The normalized spacial score (nSPS) is 8.70. The van der Waals surface area contributed by atoms with Crippen molar-refractivity contribution in [2.75, 3.05) is 0 Å². The standard InChI is InChI=1S/C8H12N.BrH/c1-7-4-5-8(2)9(3)6-7;/h4-6H,1-3H3;1H/q+1;/p-1. The second-order valence-corrected chi connectivity index (χ2v) is 2.46. The van der Waals surface area contributed by atoms with Gasteiger partial charge in [0.05, 0.1) is 0 Å². The summed E-state index contributed by atoms with van der Waals surface area (Å²) in [7, 11) is 2.06. The lowest BCUT2D eigenvalue weighted by Gasteiger charge is -1.92. The number of rotatable bonds is 0. The summed E-state index contributed by atoms with van der Waals surface area (Å²) in [4.78, 5) is 0. The van der Waals surface area contributed by atoms with Crippen molar-refractivity contribution >= 4 is 0 Å². The number of nitrogens with zero attached hydrogens (tertiary/aromatic N) is 1. The molecule has 0 unspecified atom stereocenters. The van der Waals surface area contributed by atoms with Crippen LogP contribution in [-0.2, 0) is 7.05 Å². The zero-order valence-corrected chi connectivity index (χ0v) is 8.14. The van der Waals surface area contributed by atoms with Gasteiger partial charge in [-0.25, -0.2) is 4.57 Å². The SMILES string of the molecule is Cc1ccc(C)[n+](C)c1.[Br-]. The van der Waals surface area contributed by atoms with E-state index in [1.807, 2.05) is 0 Å². The molecule has 0 spiro atoms. The van der Waals surface area contributed by atoms with Crippen molar-refractivity contribution in [2.24, 2.45) is 7.05 Å². The Kier molecular flexibility index (Phi) is 3.58. The van der Waals surface area contributed by atoms with Crippen LogP contribution in [0.1, 0.15) is 11.3 Å². The van der Waals surface area contributed by atoms with Crippen molar-refractivity contribution < 1.29 is 21.5 Å². The van der Waals surface area contributed by atoms with E-state index in [1.165, 1.54) is 11.3 Å². The molecular formula is C8H12BrN. The van der Waals surface area contributed by atoms with E-state index >= 15 is 0 Å². The summed E-state index contributed by atoms with van der Waals surface area (Å²) in [5.74, 6) is 0. The Morgan fingerprint density at radius 2 is 1.80 bits per heavy atom. The fourth-order valence-electron chi connectivity index (χ4n) is 0.820. The molecule has 0 saturated heterocycles. The highest BCUT2D eigenvalue weighted by molar-refractivity contribution is 5.05. The summed E-state index contributed by atoms with van der Waals surface area (Å²) >= 11 is 0. The molecule has 10 heavy (non-hydrogen) atoms. The molecule has 0 aliphatic rings. The van der Waals surface area contributed by atoms with Gasteiger partial charge in [-0.3, -0.25) is 0 Å². The molecule has 0 atom stereocenters. The highest BCUT2D eigenvalue weighted by Gasteiger charge is 1.96. The topological polar surface area (TPSA) is 3.88 Å². The summed E-state index contributed by atoms with van der Waals surface area (Å²) in [6.07, 6.45) is 2.12. The van der Waals surface area contributed by atoms with Gasteiger partial charge in [-0.1, -0.05) is 0 Å². The summed E-state index contributed by atoms with van der Waals surface area (Å²) < 4.78 is 2.12. The number of hydrogen-bond donors (Lipinski definition) is 0. The minimum absolute atomic E-state index is 0. The number of aryl methyl sites for hydroxylation is 3. The zero-order chi connectivity index (χ0) is 6.85. The van der Waals surface area contributed by atoms with Crippen molar-refractivity contribution in [1.29, 1.82) is 0 Å². The first-order valence-electron chi connectivity index (χ1n) is 3.13. The Hall–Kier alpha value is -0.370. The molecule has 1 heterocycles. The zero-order valence-electron chi connectivity index (χ0n) is 6.56. The Morgan fingerprint density at radius 1 is 1.20 bits per heavy atom. The molecule has 0 fully saturated rings. The van der Waals surface area contributed by atoms with Gasteiger partial charge >= 0.3 is 0 Å². The van der Waals surface area contributed by atoms with Crippen molar-refractivity contribution in [2.45, 2.75) is 13.8 Å². The van der Waals surface area contributed by atoms with E-state index in [4.69, 9.17) is 0 Å². The lowest BCUT2D eigenvalue weighted by molar-refractivity contribution is -0.678. The lowest BCUT2D eigenvalue weighted by atomic mass is 10.3. The van der Waals surface area contributed by atoms with Crippen LogP contribution in [0.4, 0.5) is 0 Å². The van der Waals surface area contributed by atoms with E-state index in [1.54, 1.807) is 0 Å². The van der Waals surface area contributed by atoms with Gasteiger partial charge in [0.15, 0.2) is 11.9 Å². The van der Waals surface area contributed by atoms with E-state index in [-0.39, 0.29) is 17.0 Å². The van der Waals surface area contributed by atoms with E-state index in [2.05, 4.69) is 43.8 Å². The lowest BCUT2D eigenvalue weighted by Crippen LogP contribution is -3.00. The minimum Gasteiger partial charge on any atom is -1.00 e. The monoisotopic (exact) mass is 201 g/mol. The molecule has 2 heteroatoms. The molecule has 1 nitrogen and oxygen atoms in total. The van der Waals surface area contributed by atoms with Gasteiger partial charge in [0.25, 0.3) is 0 Å². The maximum absolute atomic E-state index is 2.12. The first kappa shape index (κ1) is 9.63. The van der Waals surface area contributed by atoms with Crippen molar-refractivity contribution in [3.8, 4) is 0 Å². The second-order valence-electron chi connectivity index (χ2n) is 2.46. The number of aromatic nitrogens is 1. The van der Waals surface area contributed by atoms with Crippen molar-refractivity contribution in [3.63, 3.8) is 0 Å². The molecule has 0 amide bonds. The summed E-state index contributed by atoms with van der Waals surface area (Å²) in [5, 5.41) is 0. The number of pyridine rings is 1. The number of hydrogen-bond acceptors (Lipinski definition) is 0. The number of halogens is 1. The van der Waals surface area contributed by atoms with Crippen LogP contribution in [0, 0.1) is 13.8 Å². The van der Waals surface area contributed by atoms with Gasteiger partial charge in [-0.05, 0) is 13.0 Å². The molecule has 1 aromatic heterocycles. The van der Waals surface area contributed by atoms with Crippen LogP contribution in [0.3, 0.4) is 0 Å². The Labute approximate surface area is 72.5 Å². The first-order valence-corrected chi connectivity index (χ1v) is 3.13. The molecule has 56 valence electrons. The van der Waals surface area contributed by atoms with E-state index < -0.39 is 0 Å². The second kappa shape index (κ2) is 3.71. The van der Waals surface area contributed by atoms with Crippen LogP contribution in [0.2, 0.25) is 0 Å². The Bertz CT molecular complexity index is 220. The highest BCUT2D eigenvalue weighted by Crippen LogP contribution is 1.92. The molecule has 0 bridgehead atoms. The van der Waals surface area contributed by atoms with Crippen LogP contribution in [0.15, 0.2) is 18.3 Å². The largest absolute Gasteiger partial charge is 1.00 e. The third kappa shape index (κ3) is 2.10. The van der Waals surface area contributed by atoms with Crippen LogP contribution >= 0.6 is 0 Å². The molecule has 1 aromatic rings. The third-order valence-electron chi connectivity index (χ3n) is 1.54. The predicted molar refractivity (Wildman–Crippen MR) is 37.1 cm³/mol. The maximum Gasteiger partial charge on any atom is 0.177 e. The van der Waals surface area contributed by atoms with Crippen molar-refractivity contribution in [1.82, 2.24) is 0 Å². The summed E-state index contributed by atoms with van der Waals surface area (Å²) in [6.45, 7) is 4.19. The highest BCUT2D eigenvalue weighted by atomic mass is 79.9. The Balaban J connectivity index is 0.000000810. The van der Waals surface area contributed by atoms with Gasteiger partial charge < -0.3 is 17.0 Å². The average molecular weight is 202 g/mol. The summed E-state index contributed by atoms with van der Waals surface area (Å²) in [5.41, 5.74) is 2.60. The molecular weight excluding hydrogens is 190 g/mol. The van der Waals surface area contributed by atoms with Crippen LogP contribution in [-0.4, -0.2) is 0 Å². The van der Waals surface area contributed by atoms with Crippen LogP contribution in [0.5, 0.6) is 0 Å². The van der Waals surface area contributed by atoms with Gasteiger partial charge in [-0.2, -0.15) is 0 Å². The van der Waals surface area contributed by atoms with E-state index in [9.17, 15) is 0 Å². The minimum atomic E-state index is 0. The average Bonchev–Trinajstić information content (AvgIpc) is 1.80. The maximum atomic E-state index is 2.12. The molecule has 0 aromatic carbocycles. The third-order valence-corrected chi connectivity index (χ3v) is 1.54. The van der Waals surface area contributed by atoms with Crippen LogP contribution < -0.4 is 21.5 Å². The van der Waals surface area contributed by atoms with E-state index in [0.29, 0.717) is 0 Å². The molecule has 0 N–H and O–H groups in total. The predicted octanol–water partition coefficient (Wildman–Crippen LogP) is -1.87. The van der Waals surface area contributed by atoms with Crippen molar-refractivity contribution in [3.05, 3.63) is 29.6 Å². The smallest absolute Gasteiger partial charge is 0.177 e. The Morgan fingerprint density at radius 3 is 2.20 bits per heavy atom. The first-order chi connectivity index (χ1) is 4.20. The van der Waals surface area contributed by atoms with Crippen LogP contribution in [0.25, 0.3) is 0 Å². The fraction of sp³-hybridized carbons (Fsp3) is 0.375. The van der Waals surface area contributed by atoms with Gasteiger partial charge in [0.2, 0.25) is 0 Å². The quantitative estimate of drug-likeness (QED) is 0.434. The molecule has 0 radical (unpaired) electrons.